The van der Waals surface area contributed by atoms with Gasteiger partial charge in [0.05, 0.1) is 40.5 Å². The molecule has 1 aromatic heterocycles. The highest BCUT2D eigenvalue weighted by Gasteiger charge is 2.33. The number of hydrogen-bond acceptors (Lipinski definition) is 9. The van der Waals surface area contributed by atoms with Crippen LogP contribution >= 0.6 is 11.3 Å². The molecule has 0 fully saturated rings. The summed E-state index contributed by atoms with van der Waals surface area (Å²) < 4.78 is 12.1. The molecule has 11 heteroatoms. The van der Waals surface area contributed by atoms with Crippen molar-refractivity contribution in [3.05, 3.63) is 94.7 Å². The quantitative estimate of drug-likeness (QED) is 0.315. The van der Waals surface area contributed by atoms with Crippen LogP contribution in [0.25, 0.3) is 6.08 Å². The van der Waals surface area contributed by atoms with Gasteiger partial charge in [-0.3, -0.25) is 19.5 Å². The van der Waals surface area contributed by atoms with Gasteiger partial charge in [-0.1, -0.05) is 35.6 Å². The van der Waals surface area contributed by atoms with Gasteiger partial charge in [0.15, 0.2) is 4.80 Å². The Balaban J connectivity index is 1.95. The van der Waals surface area contributed by atoms with Crippen LogP contribution in [0.2, 0.25) is 0 Å². The number of carbonyl (C=O) groups excluding carboxylic acids is 1. The molecule has 1 atom stereocenters. The number of allylic oxidation sites excluding steroid dienone is 1. The molecule has 2 heterocycles. The number of hydrogen-bond donors (Lipinski definition) is 1. The first-order valence-corrected chi connectivity index (χ1v) is 11.4. The predicted molar refractivity (Wildman–Crippen MR) is 128 cm³/mol. The number of nitro groups is 1. The van der Waals surface area contributed by atoms with Crippen molar-refractivity contribution < 1.29 is 24.3 Å². The monoisotopic (exact) mass is 495 g/mol. The van der Waals surface area contributed by atoms with E-state index in [0.717, 1.165) is 11.3 Å². The van der Waals surface area contributed by atoms with Crippen LogP contribution in [-0.2, 0) is 9.53 Å². The third kappa shape index (κ3) is 4.33. The SMILES string of the molecule is CCOC(=O)C1=C(C)N=c2s/c(=C/c3cccc([N+](=O)[O-])c3O)c(=O)n2C1c1ccc(OC)cc1. The number of methoxy groups -OCH3 is 1. The largest absolute Gasteiger partial charge is 0.502 e. The molecule has 0 aliphatic carbocycles. The predicted octanol–water partition coefficient (Wildman–Crippen LogP) is 2.42. The van der Waals surface area contributed by atoms with E-state index in [9.17, 15) is 24.8 Å². The average molecular weight is 496 g/mol. The third-order valence-corrected chi connectivity index (χ3v) is 6.46. The number of phenols is 1. The van der Waals surface area contributed by atoms with E-state index in [0.29, 0.717) is 21.8 Å². The second-order valence-corrected chi connectivity index (χ2v) is 8.56. The van der Waals surface area contributed by atoms with E-state index >= 15 is 0 Å². The lowest BCUT2D eigenvalue weighted by Crippen LogP contribution is -2.39. The number of carbonyl (C=O) groups is 1. The minimum absolute atomic E-state index is 0.117. The summed E-state index contributed by atoms with van der Waals surface area (Å²) in [5.74, 6) is -0.515. The maximum atomic E-state index is 13.6. The normalized spacial score (nSPS) is 15.4. The molecule has 1 aliphatic rings. The number of thiazole rings is 1. The number of nitro benzene ring substituents is 1. The molecular formula is C24H21N3O7S. The van der Waals surface area contributed by atoms with Crippen molar-refractivity contribution in [2.75, 3.05) is 13.7 Å². The Bertz CT molecular complexity index is 1530. The molecule has 1 N–H and O–H groups in total. The molecule has 35 heavy (non-hydrogen) atoms. The van der Waals surface area contributed by atoms with Crippen molar-refractivity contribution in [3.8, 4) is 11.5 Å². The van der Waals surface area contributed by atoms with E-state index in [2.05, 4.69) is 4.99 Å². The summed E-state index contributed by atoms with van der Waals surface area (Å²) in [6, 6.07) is 10.2. The van der Waals surface area contributed by atoms with E-state index in [-0.39, 0.29) is 22.3 Å². The highest BCUT2D eigenvalue weighted by Crippen LogP contribution is 2.32. The first-order chi connectivity index (χ1) is 16.8. The number of para-hydroxylation sites is 1. The van der Waals surface area contributed by atoms with Crippen molar-refractivity contribution in [2.24, 2.45) is 4.99 Å². The van der Waals surface area contributed by atoms with Gasteiger partial charge >= 0.3 is 11.7 Å². The molecule has 0 saturated carbocycles. The summed E-state index contributed by atoms with van der Waals surface area (Å²) in [6.45, 7) is 3.52. The van der Waals surface area contributed by atoms with Gasteiger partial charge in [-0.25, -0.2) is 9.79 Å². The fraction of sp³-hybridized carbons (Fsp3) is 0.208. The van der Waals surface area contributed by atoms with E-state index in [1.54, 1.807) is 38.1 Å². The van der Waals surface area contributed by atoms with Gasteiger partial charge in [-0.15, -0.1) is 0 Å². The Morgan fingerprint density at radius 3 is 2.63 bits per heavy atom. The van der Waals surface area contributed by atoms with Gasteiger partial charge in [0.25, 0.3) is 5.56 Å². The first kappa shape index (κ1) is 23.9. The number of benzene rings is 2. The van der Waals surface area contributed by atoms with Crippen LogP contribution in [0.4, 0.5) is 5.69 Å². The molecule has 0 bridgehead atoms. The smallest absolute Gasteiger partial charge is 0.338 e. The molecule has 0 radical (unpaired) electrons. The van der Waals surface area contributed by atoms with Crippen LogP contribution < -0.4 is 19.6 Å². The van der Waals surface area contributed by atoms with Gasteiger partial charge < -0.3 is 14.6 Å². The van der Waals surface area contributed by atoms with Crippen molar-refractivity contribution in [1.29, 1.82) is 0 Å². The molecule has 1 unspecified atom stereocenters. The molecule has 0 amide bonds. The molecule has 1 aliphatic heterocycles. The Labute approximate surface area is 202 Å². The summed E-state index contributed by atoms with van der Waals surface area (Å²) in [4.78, 5) is 41.8. The van der Waals surface area contributed by atoms with Crippen LogP contribution in [-0.4, -0.2) is 34.3 Å². The molecule has 180 valence electrons. The summed E-state index contributed by atoms with van der Waals surface area (Å²) >= 11 is 1.05. The zero-order valence-corrected chi connectivity index (χ0v) is 19.9. The molecule has 3 aromatic rings. The standard InChI is InChI=1S/C24H21N3O7S/c1-4-34-23(30)19-13(2)25-24-26(20(19)14-8-10-16(33-3)11-9-14)22(29)18(35-24)12-15-6-5-7-17(21(15)28)27(31)32/h5-12,20,28H,4H2,1-3H3/b18-12+. The van der Waals surface area contributed by atoms with Crippen LogP contribution in [0.15, 0.2) is 63.5 Å². The Morgan fingerprint density at radius 2 is 2.00 bits per heavy atom. The molecule has 2 aromatic carbocycles. The third-order valence-electron chi connectivity index (χ3n) is 5.48. The maximum Gasteiger partial charge on any atom is 0.338 e. The zero-order valence-electron chi connectivity index (χ0n) is 19.0. The molecule has 10 nitrogen and oxygen atoms in total. The highest BCUT2D eigenvalue weighted by molar-refractivity contribution is 7.07. The van der Waals surface area contributed by atoms with Gasteiger partial charge in [-0.2, -0.15) is 0 Å². The number of phenolic OH excluding ortho intramolecular Hbond substituents is 1. The van der Waals surface area contributed by atoms with Crippen molar-refractivity contribution in [1.82, 2.24) is 4.57 Å². The lowest BCUT2D eigenvalue weighted by molar-refractivity contribution is -0.385. The summed E-state index contributed by atoms with van der Waals surface area (Å²) in [5, 5.41) is 21.5. The second-order valence-electron chi connectivity index (χ2n) is 7.55. The number of ether oxygens (including phenoxy) is 2. The fourth-order valence-electron chi connectivity index (χ4n) is 3.85. The number of nitrogens with zero attached hydrogens (tertiary/aromatic N) is 3. The van der Waals surface area contributed by atoms with Crippen LogP contribution in [0.1, 0.15) is 31.0 Å². The zero-order chi connectivity index (χ0) is 25.3. The van der Waals surface area contributed by atoms with Gasteiger partial charge in [0.2, 0.25) is 5.75 Å². The van der Waals surface area contributed by atoms with E-state index < -0.39 is 33.9 Å². The summed E-state index contributed by atoms with van der Waals surface area (Å²) in [5.41, 5.74) is 0.475. The molecular weight excluding hydrogens is 474 g/mol. The Kier molecular flexibility index (Phi) is 6.52. The van der Waals surface area contributed by atoms with Gasteiger partial charge in [0.1, 0.15) is 5.75 Å². The Morgan fingerprint density at radius 1 is 1.29 bits per heavy atom. The topological polar surface area (TPSA) is 133 Å². The van der Waals surface area contributed by atoms with Crippen molar-refractivity contribution in [3.63, 3.8) is 0 Å². The second kappa shape index (κ2) is 9.55. The molecule has 0 spiro atoms. The molecule has 4 rings (SSSR count). The fourth-order valence-corrected chi connectivity index (χ4v) is 4.88. The van der Waals surface area contributed by atoms with Crippen molar-refractivity contribution >= 4 is 29.1 Å². The number of aromatic nitrogens is 1. The Hall–Kier alpha value is -4.25. The lowest BCUT2D eigenvalue weighted by atomic mass is 9.96. The molecule has 0 saturated heterocycles. The lowest BCUT2D eigenvalue weighted by Gasteiger charge is -2.24. The highest BCUT2D eigenvalue weighted by atomic mass is 32.1. The van der Waals surface area contributed by atoms with E-state index in [1.807, 2.05) is 0 Å². The number of rotatable bonds is 6. The van der Waals surface area contributed by atoms with E-state index in [1.165, 1.54) is 36.0 Å². The minimum Gasteiger partial charge on any atom is -0.502 e. The first-order valence-electron chi connectivity index (χ1n) is 10.6. The number of aromatic hydroxyl groups is 1. The van der Waals surface area contributed by atoms with E-state index in [4.69, 9.17) is 9.47 Å². The number of fused-ring (bicyclic) bond motifs is 1. The van der Waals surface area contributed by atoms with Crippen LogP contribution in [0, 0.1) is 10.1 Å². The van der Waals surface area contributed by atoms with Crippen LogP contribution in [0.3, 0.4) is 0 Å². The minimum atomic E-state index is -0.808. The average Bonchev–Trinajstić information content (AvgIpc) is 3.13. The van der Waals surface area contributed by atoms with Crippen LogP contribution in [0.5, 0.6) is 11.5 Å². The van der Waals surface area contributed by atoms with Gasteiger partial charge in [-0.05, 0) is 37.6 Å². The summed E-state index contributed by atoms with van der Waals surface area (Å²) in [6.07, 6.45) is 1.38. The number of esters is 1. The van der Waals surface area contributed by atoms with Gasteiger partial charge in [0, 0.05) is 11.6 Å². The van der Waals surface area contributed by atoms with Crippen molar-refractivity contribution in [2.45, 2.75) is 19.9 Å². The summed E-state index contributed by atoms with van der Waals surface area (Å²) in [7, 11) is 1.54. The maximum absolute atomic E-state index is 13.6.